The monoisotopic (exact) mass is 173 g/mol. The summed E-state index contributed by atoms with van der Waals surface area (Å²) in [5.74, 6) is 0. The van der Waals surface area contributed by atoms with E-state index in [0.29, 0.717) is 6.17 Å². The van der Waals surface area contributed by atoms with Gasteiger partial charge in [-0.15, -0.1) is 0 Å². The third-order valence-electron chi connectivity index (χ3n) is 2.06. The molecule has 0 amide bonds. The van der Waals surface area contributed by atoms with Crippen LogP contribution >= 0.6 is 0 Å². The van der Waals surface area contributed by atoms with Crippen LogP contribution in [0.2, 0.25) is 0 Å². The van der Waals surface area contributed by atoms with Gasteiger partial charge in [0.25, 0.3) is 0 Å². The number of hydrogen-bond donors (Lipinski definition) is 1. The molecule has 0 aliphatic carbocycles. The second-order valence-electron chi connectivity index (χ2n) is 3.34. The van der Waals surface area contributed by atoms with Gasteiger partial charge in [-0.25, -0.2) is 0 Å². The van der Waals surface area contributed by atoms with Crippen molar-refractivity contribution in [2.75, 3.05) is 33.9 Å². The van der Waals surface area contributed by atoms with Crippen molar-refractivity contribution < 1.29 is 0 Å². The third-order valence-corrected chi connectivity index (χ3v) is 2.06. The molecule has 1 atom stereocenters. The van der Waals surface area contributed by atoms with Gasteiger partial charge >= 0.3 is 0 Å². The number of rotatable bonds is 6. The number of nitrogens with one attached hydrogen (secondary N) is 1. The van der Waals surface area contributed by atoms with E-state index in [9.17, 15) is 0 Å². The Labute approximate surface area is 76.7 Å². The lowest BCUT2D eigenvalue weighted by atomic mass is 10.4. The van der Waals surface area contributed by atoms with Crippen molar-refractivity contribution in [3.8, 4) is 0 Å². The first kappa shape index (κ1) is 11.9. The van der Waals surface area contributed by atoms with Crippen LogP contribution in [0.4, 0.5) is 0 Å². The lowest BCUT2D eigenvalue weighted by molar-refractivity contribution is 0.176. The average Bonchev–Trinajstić information content (AvgIpc) is 2.03. The lowest BCUT2D eigenvalue weighted by Gasteiger charge is -2.28. The SMILES string of the molecule is CCN(CC)C(C)NCN(C)C. The summed E-state index contributed by atoms with van der Waals surface area (Å²) in [6, 6.07) is 0. The van der Waals surface area contributed by atoms with Crippen LogP contribution in [-0.4, -0.2) is 49.8 Å². The highest BCUT2D eigenvalue weighted by Crippen LogP contribution is 1.93. The van der Waals surface area contributed by atoms with Gasteiger partial charge in [-0.1, -0.05) is 13.8 Å². The van der Waals surface area contributed by atoms with E-state index in [-0.39, 0.29) is 0 Å². The van der Waals surface area contributed by atoms with Crippen molar-refractivity contribution in [3.05, 3.63) is 0 Å². The van der Waals surface area contributed by atoms with E-state index in [0.717, 1.165) is 19.8 Å². The van der Waals surface area contributed by atoms with Gasteiger partial charge < -0.3 is 0 Å². The number of nitrogens with zero attached hydrogens (tertiary/aromatic N) is 2. The molecule has 1 N–H and O–H groups in total. The summed E-state index contributed by atoms with van der Waals surface area (Å²) in [4.78, 5) is 4.53. The minimum atomic E-state index is 0.474. The molecule has 0 spiro atoms. The molecule has 0 saturated carbocycles. The zero-order valence-electron chi connectivity index (χ0n) is 9.09. The van der Waals surface area contributed by atoms with Gasteiger partial charge in [-0.2, -0.15) is 0 Å². The summed E-state index contributed by atoms with van der Waals surface area (Å²) < 4.78 is 0. The first-order valence-electron chi connectivity index (χ1n) is 4.74. The van der Waals surface area contributed by atoms with Crippen LogP contribution < -0.4 is 5.32 Å². The molecule has 74 valence electrons. The Kier molecular flexibility index (Phi) is 6.34. The predicted molar refractivity (Wildman–Crippen MR) is 54.1 cm³/mol. The smallest absolute Gasteiger partial charge is 0.0577 e. The van der Waals surface area contributed by atoms with Crippen LogP contribution in [0.25, 0.3) is 0 Å². The van der Waals surface area contributed by atoms with Gasteiger partial charge in [-0.3, -0.25) is 15.1 Å². The number of hydrogen-bond acceptors (Lipinski definition) is 3. The Morgan fingerprint density at radius 2 is 1.67 bits per heavy atom. The molecular weight excluding hydrogens is 150 g/mol. The molecule has 0 fully saturated rings. The molecule has 0 heterocycles. The average molecular weight is 173 g/mol. The fourth-order valence-corrected chi connectivity index (χ4v) is 1.22. The zero-order valence-corrected chi connectivity index (χ0v) is 9.09. The van der Waals surface area contributed by atoms with Crippen LogP contribution in [0.1, 0.15) is 20.8 Å². The molecule has 0 bridgehead atoms. The minimum absolute atomic E-state index is 0.474. The minimum Gasteiger partial charge on any atom is -0.297 e. The summed E-state index contributed by atoms with van der Waals surface area (Å²) in [6.07, 6.45) is 0.474. The van der Waals surface area contributed by atoms with Gasteiger partial charge in [-0.05, 0) is 34.1 Å². The molecule has 0 rings (SSSR count). The van der Waals surface area contributed by atoms with Crippen LogP contribution in [-0.2, 0) is 0 Å². The predicted octanol–water partition coefficient (Wildman–Crippen LogP) is 0.783. The van der Waals surface area contributed by atoms with E-state index in [4.69, 9.17) is 0 Å². The molecule has 0 aromatic carbocycles. The van der Waals surface area contributed by atoms with E-state index in [1.807, 2.05) is 0 Å². The van der Waals surface area contributed by atoms with E-state index in [1.165, 1.54) is 0 Å². The maximum atomic E-state index is 3.44. The molecular formula is C9H23N3. The highest BCUT2D eigenvalue weighted by Gasteiger charge is 2.07. The second-order valence-corrected chi connectivity index (χ2v) is 3.34. The van der Waals surface area contributed by atoms with E-state index in [1.54, 1.807) is 0 Å². The molecule has 0 radical (unpaired) electrons. The molecule has 0 aromatic rings. The molecule has 1 unspecified atom stereocenters. The summed E-state index contributed by atoms with van der Waals surface area (Å²) in [5.41, 5.74) is 0. The van der Waals surface area contributed by atoms with Gasteiger partial charge in [0, 0.05) is 6.67 Å². The molecule has 0 aromatic heterocycles. The highest BCUT2D eigenvalue weighted by atomic mass is 15.3. The van der Waals surface area contributed by atoms with E-state index >= 15 is 0 Å². The van der Waals surface area contributed by atoms with Gasteiger partial charge in [0.1, 0.15) is 0 Å². The summed E-state index contributed by atoms with van der Waals surface area (Å²) >= 11 is 0. The molecule has 0 saturated heterocycles. The maximum absolute atomic E-state index is 3.44. The fourth-order valence-electron chi connectivity index (χ4n) is 1.22. The summed E-state index contributed by atoms with van der Waals surface area (Å²) in [6.45, 7) is 9.75. The largest absolute Gasteiger partial charge is 0.297 e. The van der Waals surface area contributed by atoms with Crippen molar-refractivity contribution in [1.82, 2.24) is 15.1 Å². The van der Waals surface area contributed by atoms with Crippen LogP contribution in [0.3, 0.4) is 0 Å². The highest BCUT2D eigenvalue weighted by molar-refractivity contribution is 4.60. The lowest BCUT2D eigenvalue weighted by Crippen LogP contribution is -2.46. The normalized spacial score (nSPS) is 14.2. The second kappa shape index (κ2) is 6.40. The standard InChI is InChI=1S/C9H23N3/c1-6-12(7-2)9(3)10-8-11(4)5/h9-10H,6-8H2,1-5H3. The Hall–Kier alpha value is -0.120. The molecule has 0 aliphatic rings. The van der Waals surface area contributed by atoms with Gasteiger partial charge in [0.2, 0.25) is 0 Å². The summed E-state index contributed by atoms with van der Waals surface area (Å²) in [5, 5.41) is 3.44. The van der Waals surface area contributed by atoms with Crippen LogP contribution in [0, 0.1) is 0 Å². The van der Waals surface area contributed by atoms with Crippen molar-refractivity contribution in [2.45, 2.75) is 26.9 Å². The zero-order chi connectivity index (χ0) is 9.56. The van der Waals surface area contributed by atoms with Gasteiger partial charge in [0.15, 0.2) is 0 Å². The van der Waals surface area contributed by atoms with Gasteiger partial charge in [0.05, 0.1) is 6.17 Å². The van der Waals surface area contributed by atoms with Crippen LogP contribution in [0.15, 0.2) is 0 Å². The van der Waals surface area contributed by atoms with Crippen LogP contribution in [0.5, 0.6) is 0 Å². The maximum Gasteiger partial charge on any atom is 0.0577 e. The summed E-state index contributed by atoms with van der Waals surface area (Å²) in [7, 11) is 4.14. The van der Waals surface area contributed by atoms with E-state index < -0.39 is 0 Å². The quantitative estimate of drug-likeness (QED) is 0.599. The fraction of sp³-hybridized carbons (Fsp3) is 1.00. The Morgan fingerprint density at radius 3 is 2.00 bits per heavy atom. The Bertz CT molecular complexity index is 99.9. The first-order valence-corrected chi connectivity index (χ1v) is 4.74. The topological polar surface area (TPSA) is 18.5 Å². The van der Waals surface area contributed by atoms with Crippen molar-refractivity contribution in [1.29, 1.82) is 0 Å². The molecule has 0 aliphatic heterocycles. The molecule has 12 heavy (non-hydrogen) atoms. The molecule has 3 nitrogen and oxygen atoms in total. The molecule has 3 heteroatoms. The Balaban J connectivity index is 3.61. The van der Waals surface area contributed by atoms with Crippen molar-refractivity contribution >= 4 is 0 Å². The third kappa shape index (κ3) is 4.70. The van der Waals surface area contributed by atoms with Crippen molar-refractivity contribution in [2.24, 2.45) is 0 Å². The van der Waals surface area contributed by atoms with E-state index in [2.05, 4.69) is 50.0 Å². The first-order chi connectivity index (χ1) is 5.61. The van der Waals surface area contributed by atoms with Crippen molar-refractivity contribution in [3.63, 3.8) is 0 Å². The Morgan fingerprint density at radius 1 is 1.17 bits per heavy atom.